The number of carbonyl (C=O) groups excluding carboxylic acids is 1. The molecule has 1 amide bonds. The molecule has 2 aromatic heterocycles. The molecule has 174 valence electrons. The number of rotatable bonds is 3. The molecule has 2 fully saturated rings. The summed E-state index contributed by atoms with van der Waals surface area (Å²) >= 11 is 1.55. The molecule has 2 saturated heterocycles. The molecule has 1 atom stereocenters. The molecular formula is C23H24F3N5OS. The van der Waals surface area contributed by atoms with Crippen molar-refractivity contribution in [1.82, 2.24) is 14.9 Å². The fourth-order valence-electron chi connectivity index (χ4n) is 4.57. The molecule has 4 heterocycles. The third kappa shape index (κ3) is 4.62. The van der Waals surface area contributed by atoms with Crippen LogP contribution in [-0.2, 0) is 11.0 Å². The third-order valence-corrected chi connectivity index (χ3v) is 7.37. The van der Waals surface area contributed by atoms with E-state index in [1.54, 1.807) is 23.6 Å². The highest BCUT2D eigenvalue weighted by Crippen LogP contribution is 2.33. The maximum absolute atomic E-state index is 13.2. The van der Waals surface area contributed by atoms with E-state index in [1.165, 1.54) is 12.1 Å². The molecular weight excluding hydrogens is 451 g/mol. The van der Waals surface area contributed by atoms with E-state index in [-0.39, 0.29) is 11.8 Å². The third-order valence-electron chi connectivity index (χ3n) is 6.33. The summed E-state index contributed by atoms with van der Waals surface area (Å²) in [5, 5.41) is 0.899. The van der Waals surface area contributed by atoms with E-state index in [0.717, 1.165) is 40.9 Å². The minimum Gasteiger partial charge on any atom is -0.368 e. The van der Waals surface area contributed by atoms with Crippen LogP contribution in [0.4, 0.5) is 24.0 Å². The first-order valence-corrected chi connectivity index (χ1v) is 11.9. The number of amides is 1. The van der Waals surface area contributed by atoms with Crippen molar-refractivity contribution in [1.29, 1.82) is 0 Å². The quantitative estimate of drug-likeness (QED) is 0.566. The number of hydrogen-bond donors (Lipinski definition) is 0. The van der Waals surface area contributed by atoms with E-state index in [0.29, 0.717) is 38.4 Å². The Morgan fingerprint density at radius 1 is 1.03 bits per heavy atom. The zero-order chi connectivity index (χ0) is 23.0. The van der Waals surface area contributed by atoms with Crippen LogP contribution < -0.4 is 9.80 Å². The number of nitrogens with zero attached hydrogens (tertiary/aromatic N) is 5. The van der Waals surface area contributed by atoms with Gasteiger partial charge in [-0.2, -0.15) is 13.2 Å². The van der Waals surface area contributed by atoms with E-state index in [2.05, 4.69) is 14.9 Å². The van der Waals surface area contributed by atoms with Crippen LogP contribution in [0.25, 0.3) is 10.3 Å². The molecule has 2 aliphatic heterocycles. The number of benzene rings is 1. The Hall–Kier alpha value is -2.88. The molecule has 6 nitrogen and oxygen atoms in total. The monoisotopic (exact) mass is 475 g/mol. The predicted octanol–water partition coefficient (Wildman–Crippen LogP) is 4.28. The lowest BCUT2D eigenvalue weighted by Gasteiger charge is -2.39. The van der Waals surface area contributed by atoms with Crippen LogP contribution in [0.1, 0.15) is 18.4 Å². The Labute approximate surface area is 193 Å². The lowest BCUT2D eigenvalue weighted by Crippen LogP contribution is -2.52. The molecule has 33 heavy (non-hydrogen) atoms. The zero-order valence-electron chi connectivity index (χ0n) is 18.0. The van der Waals surface area contributed by atoms with Crippen LogP contribution in [0.15, 0.2) is 42.6 Å². The van der Waals surface area contributed by atoms with Crippen molar-refractivity contribution < 1.29 is 18.0 Å². The molecule has 0 bridgehead atoms. The van der Waals surface area contributed by atoms with Crippen LogP contribution in [0.2, 0.25) is 0 Å². The maximum Gasteiger partial charge on any atom is 0.416 e. The number of fused-ring (bicyclic) bond motifs is 1. The van der Waals surface area contributed by atoms with Gasteiger partial charge in [0.15, 0.2) is 5.13 Å². The van der Waals surface area contributed by atoms with Crippen molar-refractivity contribution in [3.05, 3.63) is 48.2 Å². The smallest absolute Gasteiger partial charge is 0.368 e. The Bertz CT molecular complexity index is 1110. The number of piperazine rings is 1. The first-order chi connectivity index (χ1) is 15.9. The summed E-state index contributed by atoms with van der Waals surface area (Å²) in [5.41, 5.74) is 0.771. The molecule has 5 rings (SSSR count). The molecule has 0 unspecified atom stereocenters. The maximum atomic E-state index is 13.2. The van der Waals surface area contributed by atoms with Gasteiger partial charge in [-0.15, -0.1) is 0 Å². The summed E-state index contributed by atoms with van der Waals surface area (Å²) in [5.74, 6) is 0.0291. The summed E-state index contributed by atoms with van der Waals surface area (Å²) in [6.45, 7) is 3.56. The standard InChI is InChI=1S/C23H24F3N5OS/c24-23(25,26)17-5-1-6-18(14-17)29-10-12-30(13-11-29)21(32)16-4-3-9-31(15-16)22-28-19-7-2-8-27-20(19)33-22/h1-2,5-8,14,16H,3-4,9-13,15H2/t16-/m0/s1. The molecule has 10 heteroatoms. The first kappa shape index (κ1) is 21.9. The number of thiazole rings is 1. The van der Waals surface area contributed by atoms with Gasteiger partial charge in [-0.05, 0) is 43.2 Å². The van der Waals surface area contributed by atoms with Gasteiger partial charge in [-0.3, -0.25) is 4.79 Å². The normalized spacial score (nSPS) is 19.8. The average Bonchev–Trinajstić information content (AvgIpc) is 3.28. The summed E-state index contributed by atoms with van der Waals surface area (Å²) < 4.78 is 39.1. The number of pyridine rings is 1. The van der Waals surface area contributed by atoms with Gasteiger partial charge in [0, 0.05) is 51.2 Å². The predicted molar refractivity (Wildman–Crippen MR) is 123 cm³/mol. The van der Waals surface area contributed by atoms with E-state index in [1.807, 2.05) is 21.9 Å². The van der Waals surface area contributed by atoms with Crippen molar-refractivity contribution in [2.45, 2.75) is 19.0 Å². The second kappa shape index (κ2) is 8.81. The SMILES string of the molecule is O=C([C@H]1CCCN(c2nc3cccnc3s2)C1)N1CCN(c2cccc(C(F)(F)F)c2)CC1. The second-order valence-electron chi connectivity index (χ2n) is 8.47. The van der Waals surface area contributed by atoms with Crippen molar-refractivity contribution in [3.8, 4) is 0 Å². The number of halogens is 3. The molecule has 2 aliphatic rings. The molecule has 3 aromatic rings. The van der Waals surface area contributed by atoms with E-state index >= 15 is 0 Å². The molecule has 0 saturated carbocycles. The number of aromatic nitrogens is 2. The Kier molecular flexibility index (Phi) is 5.86. The fourth-order valence-corrected chi connectivity index (χ4v) is 5.51. The highest BCUT2D eigenvalue weighted by Gasteiger charge is 2.33. The lowest BCUT2D eigenvalue weighted by atomic mass is 9.96. The molecule has 0 N–H and O–H groups in total. The Morgan fingerprint density at radius 2 is 1.85 bits per heavy atom. The summed E-state index contributed by atoms with van der Waals surface area (Å²) in [7, 11) is 0. The first-order valence-electron chi connectivity index (χ1n) is 11.1. The fraction of sp³-hybridized carbons (Fsp3) is 0.435. The number of alkyl halides is 3. The molecule has 0 aliphatic carbocycles. The van der Waals surface area contributed by atoms with Gasteiger partial charge in [-0.25, -0.2) is 9.97 Å². The number of hydrogen-bond acceptors (Lipinski definition) is 6. The van der Waals surface area contributed by atoms with Crippen LogP contribution >= 0.6 is 11.3 Å². The van der Waals surface area contributed by atoms with Gasteiger partial charge in [-0.1, -0.05) is 17.4 Å². The van der Waals surface area contributed by atoms with Gasteiger partial charge >= 0.3 is 6.18 Å². The minimum atomic E-state index is -4.36. The Morgan fingerprint density at radius 3 is 2.61 bits per heavy atom. The topological polar surface area (TPSA) is 52.6 Å². The van der Waals surface area contributed by atoms with E-state index in [9.17, 15) is 18.0 Å². The van der Waals surface area contributed by atoms with Crippen molar-refractivity contribution in [2.75, 3.05) is 49.1 Å². The van der Waals surface area contributed by atoms with Crippen molar-refractivity contribution in [3.63, 3.8) is 0 Å². The molecule has 0 radical (unpaired) electrons. The lowest BCUT2D eigenvalue weighted by molar-refractivity contribution is -0.137. The van der Waals surface area contributed by atoms with E-state index < -0.39 is 11.7 Å². The highest BCUT2D eigenvalue weighted by molar-refractivity contribution is 7.21. The number of piperidine rings is 1. The van der Waals surface area contributed by atoms with Crippen LogP contribution in [0, 0.1) is 5.92 Å². The van der Waals surface area contributed by atoms with Gasteiger partial charge in [0.1, 0.15) is 10.3 Å². The number of anilines is 2. The van der Waals surface area contributed by atoms with Gasteiger partial charge in [0.25, 0.3) is 0 Å². The van der Waals surface area contributed by atoms with Crippen LogP contribution in [-0.4, -0.2) is 60.0 Å². The van der Waals surface area contributed by atoms with Crippen LogP contribution in [0.3, 0.4) is 0 Å². The summed E-state index contributed by atoms with van der Waals surface area (Å²) in [6, 6.07) is 9.21. The minimum absolute atomic E-state index is 0.0983. The summed E-state index contributed by atoms with van der Waals surface area (Å²) in [4.78, 5) is 29.1. The van der Waals surface area contributed by atoms with Gasteiger partial charge in [0.2, 0.25) is 5.91 Å². The van der Waals surface area contributed by atoms with Crippen molar-refractivity contribution >= 4 is 38.4 Å². The highest BCUT2D eigenvalue weighted by atomic mass is 32.1. The average molecular weight is 476 g/mol. The largest absolute Gasteiger partial charge is 0.416 e. The molecule has 1 aromatic carbocycles. The van der Waals surface area contributed by atoms with E-state index in [4.69, 9.17) is 0 Å². The summed E-state index contributed by atoms with van der Waals surface area (Å²) in [6.07, 6.45) is -0.845. The van der Waals surface area contributed by atoms with Crippen LogP contribution in [0.5, 0.6) is 0 Å². The van der Waals surface area contributed by atoms with Gasteiger partial charge < -0.3 is 14.7 Å². The number of carbonyl (C=O) groups is 1. The second-order valence-corrected chi connectivity index (χ2v) is 9.43. The van der Waals surface area contributed by atoms with Crippen molar-refractivity contribution in [2.24, 2.45) is 5.92 Å². The Balaban J connectivity index is 1.21. The molecule has 0 spiro atoms. The van der Waals surface area contributed by atoms with Gasteiger partial charge in [0.05, 0.1) is 11.5 Å². The zero-order valence-corrected chi connectivity index (χ0v) is 18.8.